The minimum Gasteiger partial charge on any atom is -0.489 e. The molecular formula is C22H24N2O4. The molecule has 0 aromatic heterocycles. The fraction of sp³-hybridized carbons (Fsp3) is 0.318. The van der Waals surface area contributed by atoms with Gasteiger partial charge in [-0.05, 0) is 37.6 Å². The summed E-state index contributed by atoms with van der Waals surface area (Å²) in [5.41, 5.74) is 0.589. The Hall–Kier alpha value is -3.33. The molecule has 6 heteroatoms. The minimum absolute atomic E-state index is 0.213. The highest BCUT2D eigenvalue weighted by Gasteiger charge is 2.35. The van der Waals surface area contributed by atoms with Gasteiger partial charge in [-0.15, -0.1) is 0 Å². The third-order valence-electron chi connectivity index (χ3n) is 4.40. The van der Waals surface area contributed by atoms with E-state index >= 15 is 0 Å². The third-order valence-corrected chi connectivity index (χ3v) is 4.40. The first kappa shape index (κ1) is 21.0. The summed E-state index contributed by atoms with van der Waals surface area (Å²) in [6, 6.07) is 16.0. The predicted octanol–water partition coefficient (Wildman–Crippen LogP) is 3.60. The molecule has 6 nitrogen and oxygen atoms in total. The number of rotatable bonds is 8. The van der Waals surface area contributed by atoms with Gasteiger partial charge in [-0.2, -0.15) is 5.26 Å². The summed E-state index contributed by atoms with van der Waals surface area (Å²) in [4.78, 5) is 24.8. The maximum Gasteiger partial charge on any atom is 0.331 e. The maximum atomic E-state index is 12.7. The molecule has 1 amide bonds. The van der Waals surface area contributed by atoms with Crippen LogP contribution in [0.25, 0.3) is 0 Å². The van der Waals surface area contributed by atoms with Crippen molar-refractivity contribution >= 4 is 11.9 Å². The Labute approximate surface area is 165 Å². The number of carbonyl (C=O) groups excluding carboxylic acids is 2. The van der Waals surface area contributed by atoms with Crippen molar-refractivity contribution in [3.05, 3.63) is 65.2 Å². The van der Waals surface area contributed by atoms with E-state index in [4.69, 9.17) is 14.7 Å². The van der Waals surface area contributed by atoms with Crippen LogP contribution in [0, 0.1) is 11.3 Å². The summed E-state index contributed by atoms with van der Waals surface area (Å²) >= 11 is 0. The molecule has 1 unspecified atom stereocenters. The number of benzene rings is 2. The summed E-state index contributed by atoms with van der Waals surface area (Å²) in [5.74, 6) is -0.372. The largest absolute Gasteiger partial charge is 0.489 e. The number of nitriles is 1. The Morgan fingerprint density at radius 1 is 1.18 bits per heavy atom. The number of esters is 1. The van der Waals surface area contributed by atoms with Crippen LogP contribution in [0.15, 0.2) is 48.5 Å². The number of carbonyl (C=O) groups is 2. The first-order valence-electron chi connectivity index (χ1n) is 9.05. The average Bonchev–Trinajstić information content (AvgIpc) is 2.72. The second-order valence-electron chi connectivity index (χ2n) is 6.61. The zero-order valence-corrected chi connectivity index (χ0v) is 16.3. The fourth-order valence-corrected chi connectivity index (χ4v) is 2.91. The van der Waals surface area contributed by atoms with Crippen molar-refractivity contribution in [2.75, 3.05) is 7.11 Å². The molecule has 0 saturated carbocycles. The second kappa shape index (κ2) is 9.56. The van der Waals surface area contributed by atoms with Gasteiger partial charge in [0, 0.05) is 11.1 Å². The maximum absolute atomic E-state index is 12.7. The lowest BCUT2D eigenvalue weighted by Crippen LogP contribution is -2.52. The van der Waals surface area contributed by atoms with Crippen molar-refractivity contribution in [2.45, 2.75) is 38.8 Å². The summed E-state index contributed by atoms with van der Waals surface area (Å²) < 4.78 is 10.6. The molecule has 28 heavy (non-hydrogen) atoms. The Morgan fingerprint density at radius 2 is 1.93 bits per heavy atom. The van der Waals surface area contributed by atoms with Gasteiger partial charge < -0.3 is 14.8 Å². The summed E-state index contributed by atoms with van der Waals surface area (Å²) in [7, 11) is 1.30. The number of nitrogens with one attached hydrogen (secondary N) is 1. The van der Waals surface area contributed by atoms with E-state index in [1.54, 1.807) is 43.3 Å². The molecule has 2 aromatic carbocycles. The minimum atomic E-state index is -1.09. The number of amides is 1. The van der Waals surface area contributed by atoms with Gasteiger partial charge in [-0.3, -0.25) is 4.79 Å². The van der Waals surface area contributed by atoms with Crippen LogP contribution in [0.5, 0.6) is 5.75 Å². The van der Waals surface area contributed by atoms with Gasteiger partial charge in [0.25, 0.3) is 5.91 Å². The van der Waals surface area contributed by atoms with Crippen molar-refractivity contribution in [2.24, 2.45) is 0 Å². The zero-order valence-electron chi connectivity index (χ0n) is 16.3. The molecule has 0 saturated heterocycles. The summed E-state index contributed by atoms with van der Waals surface area (Å²) in [5, 5.41) is 11.9. The molecule has 1 N–H and O–H groups in total. The Kier molecular flexibility index (Phi) is 7.16. The quantitative estimate of drug-likeness (QED) is 0.707. The van der Waals surface area contributed by atoms with Crippen LogP contribution in [0.4, 0.5) is 0 Å². The van der Waals surface area contributed by atoms with E-state index in [9.17, 15) is 9.59 Å². The van der Waals surface area contributed by atoms with Gasteiger partial charge >= 0.3 is 5.97 Å². The SMILES string of the molecule is CCCC(C)(NC(=O)c1cccc(OCc2ccccc2C#N)c1)C(=O)OC. The van der Waals surface area contributed by atoms with Crippen LogP contribution < -0.4 is 10.1 Å². The standard InChI is InChI=1S/C22H24N2O4/c1-4-12-22(2,21(26)27-3)24-20(25)16-10-7-11-19(13-16)28-15-18-9-6-5-8-17(18)14-23/h5-11,13H,4,12,15H2,1-3H3,(H,24,25). The normalized spacial score (nSPS) is 12.4. The lowest BCUT2D eigenvalue weighted by Gasteiger charge is -2.27. The predicted molar refractivity (Wildman–Crippen MR) is 105 cm³/mol. The van der Waals surface area contributed by atoms with E-state index in [0.29, 0.717) is 29.7 Å². The third kappa shape index (κ3) is 5.10. The number of hydrogen-bond donors (Lipinski definition) is 1. The van der Waals surface area contributed by atoms with Crippen LogP contribution in [0.1, 0.15) is 48.2 Å². The summed E-state index contributed by atoms with van der Waals surface area (Å²) in [6.07, 6.45) is 1.18. The lowest BCUT2D eigenvalue weighted by molar-refractivity contribution is -0.147. The molecule has 1 atom stereocenters. The monoisotopic (exact) mass is 380 g/mol. The first-order chi connectivity index (χ1) is 13.4. The van der Waals surface area contributed by atoms with E-state index in [0.717, 1.165) is 5.56 Å². The smallest absolute Gasteiger partial charge is 0.331 e. The molecule has 0 bridgehead atoms. The van der Waals surface area contributed by atoms with Crippen molar-refractivity contribution in [3.63, 3.8) is 0 Å². The van der Waals surface area contributed by atoms with Crippen LogP contribution >= 0.6 is 0 Å². The zero-order chi connectivity index (χ0) is 20.6. The second-order valence-corrected chi connectivity index (χ2v) is 6.61. The van der Waals surface area contributed by atoms with E-state index in [1.807, 2.05) is 19.1 Å². The lowest BCUT2D eigenvalue weighted by atomic mass is 9.95. The van der Waals surface area contributed by atoms with Crippen molar-refractivity contribution < 1.29 is 19.1 Å². The Morgan fingerprint density at radius 3 is 2.61 bits per heavy atom. The Balaban J connectivity index is 2.12. The molecule has 146 valence electrons. The molecular weight excluding hydrogens is 356 g/mol. The van der Waals surface area contributed by atoms with Crippen molar-refractivity contribution in [3.8, 4) is 11.8 Å². The topological polar surface area (TPSA) is 88.4 Å². The van der Waals surface area contributed by atoms with Gasteiger partial charge in [0.05, 0.1) is 18.7 Å². The van der Waals surface area contributed by atoms with Crippen LogP contribution in [0.2, 0.25) is 0 Å². The molecule has 2 rings (SSSR count). The van der Waals surface area contributed by atoms with Crippen molar-refractivity contribution in [1.29, 1.82) is 5.26 Å². The molecule has 0 aliphatic carbocycles. The molecule has 0 heterocycles. The number of methoxy groups -OCH3 is 1. The number of hydrogen-bond acceptors (Lipinski definition) is 5. The molecule has 0 fully saturated rings. The van der Waals surface area contributed by atoms with Gasteiger partial charge in [-0.25, -0.2) is 4.79 Å². The fourth-order valence-electron chi connectivity index (χ4n) is 2.91. The first-order valence-corrected chi connectivity index (χ1v) is 9.05. The molecule has 0 radical (unpaired) electrons. The highest BCUT2D eigenvalue weighted by atomic mass is 16.5. The van der Waals surface area contributed by atoms with E-state index in [2.05, 4.69) is 11.4 Å². The molecule has 2 aromatic rings. The highest BCUT2D eigenvalue weighted by molar-refractivity contribution is 5.98. The van der Waals surface area contributed by atoms with Gasteiger partial charge in [0.2, 0.25) is 0 Å². The number of ether oxygens (including phenoxy) is 2. The summed E-state index contributed by atoms with van der Waals surface area (Å²) in [6.45, 7) is 3.80. The van der Waals surface area contributed by atoms with E-state index in [-0.39, 0.29) is 12.5 Å². The highest BCUT2D eigenvalue weighted by Crippen LogP contribution is 2.19. The van der Waals surface area contributed by atoms with Gasteiger partial charge in [-0.1, -0.05) is 37.6 Å². The number of nitrogens with zero attached hydrogens (tertiary/aromatic N) is 1. The molecule has 0 spiro atoms. The average molecular weight is 380 g/mol. The van der Waals surface area contributed by atoms with Gasteiger partial charge in [0.1, 0.15) is 17.9 Å². The molecule has 0 aliphatic rings. The van der Waals surface area contributed by atoms with Gasteiger partial charge in [0.15, 0.2) is 0 Å². The molecule has 0 aliphatic heterocycles. The van der Waals surface area contributed by atoms with Crippen molar-refractivity contribution in [1.82, 2.24) is 5.32 Å². The van der Waals surface area contributed by atoms with Crippen LogP contribution in [0.3, 0.4) is 0 Å². The van der Waals surface area contributed by atoms with E-state index in [1.165, 1.54) is 7.11 Å². The van der Waals surface area contributed by atoms with E-state index < -0.39 is 11.5 Å². The van der Waals surface area contributed by atoms with Crippen LogP contribution in [-0.4, -0.2) is 24.5 Å². The van der Waals surface area contributed by atoms with Crippen LogP contribution in [-0.2, 0) is 16.1 Å². The Bertz CT molecular complexity index is 888.